The molecule has 0 radical (unpaired) electrons. The standard InChI is InChI=1S/C17H18Cl2FN/c1-3-8-21-17(13-10-12(18)5-6-15(13)19)14-9-11(2)4-7-16(14)20/h4-7,9-10,17,21H,3,8H2,1-2H3. The van der Waals surface area contributed by atoms with E-state index in [9.17, 15) is 4.39 Å². The van der Waals surface area contributed by atoms with Gasteiger partial charge in [0.2, 0.25) is 0 Å². The second-order valence-electron chi connectivity index (χ2n) is 5.08. The van der Waals surface area contributed by atoms with Gasteiger partial charge in [-0.3, -0.25) is 0 Å². The largest absolute Gasteiger partial charge is 0.306 e. The summed E-state index contributed by atoms with van der Waals surface area (Å²) in [6, 6.07) is 10.1. The Kier molecular flexibility index (Phi) is 5.63. The molecule has 112 valence electrons. The topological polar surface area (TPSA) is 12.0 Å². The van der Waals surface area contributed by atoms with Crippen LogP contribution in [0.5, 0.6) is 0 Å². The minimum atomic E-state index is -0.309. The Morgan fingerprint density at radius 3 is 2.57 bits per heavy atom. The molecule has 0 bridgehead atoms. The summed E-state index contributed by atoms with van der Waals surface area (Å²) in [7, 11) is 0. The fraction of sp³-hybridized carbons (Fsp3) is 0.294. The first-order valence-electron chi connectivity index (χ1n) is 6.97. The Hall–Kier alpha value is -1.09. The van der Waals surface area contributed by atoms with E-state index < -0.39 is 0 Å². The van der Waals surface area contributed by atoms with Gasteiger partial charge in [0.25, 0.3) is 0 Å². The predicted octanol–water partition coefficient (Wildman–Crippen LogP) is 5.53. The van der Waals surface area contributed by atoms with Crippen molar-refractivity contribution in [2.75, 3.05) is 6.54 Å². The molecule has 0 spiro atoms. The van der Waals surface area contributed by atoms with Crippen molar-refractivity contribution in [3.05, 3.63) is 69.0 Å². The third kappa shape index (κ3) is 3.97. The lowest BCUT2D eigenvalue weighted by atomic mass is 9.96. The maximum absolute atomic E-state index is 14.2. The lowest BCUT2D eigenvalue weighted by Crippen LogP contribution is -2.24. The van der Waals surface area contributed by atoms with Gasteiger partial charge in [0.05, 0.1) is 6.04 Å². The van der Waals surface area contributed by atoms with Gasteiger partial charge in [-0.2, -0.15) is 0 Å². The number of halogens is 3. The number of hydrogen-bond donors (Lipinski definition) is 1. The van der Waals surface area contributed by atoms with Crippen molar-refractivity contribution in [1.82, 2.24) is 5.32 Å². The van der Waals surface area contributed by atoms with E-state index in [0.29, 0.717) is 15.6 Å². The summed E-state index contributed by atoms with van der Waals surface area (Å²) in [5.74, 6) is -0.245. The molecule has 4 heteroatoms. The first-order valence-corrected chi connectivity index (χ1v) is 7.73. The molecule has 0 saturated heterocycles. The fourth-order valence-electron chi connectivity index (χ4n) is 2.30. The van der Waals surface area contributed by atoms with E-state index in [-0.39, 0.29) is 11.9 Å². The molecule has 1 atom stereocenters. The smallest absolute Gasteiger partial charge is 0.128 e. The zero-order valence-electron chi connectivity index (χ0n) is 12.1. The monoisotopic (exact) mass is 325 g/mol. The highest BCUT2D eigenvalue weighted by Gasteiger charge is 2.20. The van der Waals surface area contributed by atoms with Crippen LogP contribution in [0.25, 0.3) is 0 Å². The first kappa shape index (κ1) is 16.3. The molecular formula is C17H18Cl2FN. The Bertz CT molecular complexity index is 577. The number of benzene rings is 2. The van der Waals surface area contributed by atoms with Crippen LogP contribution in [-0.2, 0) is 0 Å². The van der Waals surface area contributed by atoms with Gasteiger partial charge in [0.15, 0.2) is 0 Å². The van der Waals surface area contributed by atoms with Crippen molar-refractivity contribution in [1.29, 1.82) is 0 Å². The normalized spacial score (nSPS) is 12.4. The van der Waals surface area contributed by atoms with Gasteiger partial charge in [-0.15, -0.1) is 0 Å². The van der Waals surface area contributed by atoms with Crippen LogP contribution >= 0.6 is 23.2 Å². The number of hydrogen-bond acceptors (Lipinski definition) is 1. The highest BCUT2D eigenvalue weighted by Crippen LogP contribution is 2.32. The van der Waals surface area contributed by atoms with Crippen molar-refractivity contribution in [3.63, 3.8) is 0 Å². The molecule has 0 fully saturated rings. The molecule has 21 heavy (non-hydrogen) atoms. The molecule has 0 aliphatic carbocycles. The molecule has 2 rings (SSSR count). The molecule has 1 nitrogen and oxygen atoms in total. The summed E-state index contributed by atoms with van der Waals surface area (Å²) in [5.41, 5.74) is 2.39. The molecule has 0 aromatic heterocycles. The van der Waals surface area contributed by atoms with E-state index in [0.717, 1.165) is 24.1 Å². The van der Waals surface area contributed by atoms with Gasteiger partial charge < -0.3 is 5.32 Å². The fourth-order valence-corrected chi connectivity index (χ4v) is 2.70. The van der Waals surface area contributed by atoms with Gasteiger partial charge in [-0.25, -0.2) is 4.39 Å². The molecule has 2 aromatic rings. The molecule has 0 aliphatic rings. The quantitative estimate of drug-likeness (QED) is 0.762. The average Bonchev–Trinajstić information content (AvgIpc) is 2.46. The number of nitrogens with one attached hydrogen (secondary N) is 1. The second kappa shape index (κ2) is 7.26. The maximum atomic E-state index is 14.2. The SMILES string of the molecule is CCCNC(c1cc(C)ccc1F)c1cc(Cl)ccc1Cl. The average molecular weight is 326 g/mol. The molecule has 0 amide bonds. The van der Waals surface area contributed by atoms with Crippen LogP contribution in [0.4, 0.5) is 4.39 Å². The van der Waals surface area contributed by atoms with Crippen LogP contribution < -0.4 is 5.32 Å². The Morgan fingerprint density at radius 1 is 1.10 bits per heavy atom. The molecule has 2 aromatic carbocycles. The zero-order valence-corrected chi connectivity index (χ0v) is 13.6. The van der Waals surface area contributed by atoms with E-state index in [2.05, 4.69) is 12.2 Å². The van der Waals surface area contributed by atoms with Crippen LogP contribution in [0.2, 0.25) is 10.0 Å². The highest BCUT2D eigenvalue weighted by atomic mass is 35.5. The van der Waals surface area contributed by atoms with Gasteiger partial charge in [0.1, 0.15) is 5.82 Å². The first-order chi connectivity index (χ1) is 10.0. The van der Waals surface area contributed by atoms with Crippen LogP contribution in [0.15, 0.2) is 36.4 Å². The molecule has 0 heterocycles. The predicted molar refractivity (Wildman–Crippen MR) is 87.7 cm³/mol. The summed E-state index contributed by atoms with van der Waals surface area (Å²) in [4.78, 5) is 0. The van der Waals surface area contributed by atoms with E-state index >= 15 is 0 Å². The van der Waals surface area contributed by atoms with Gasteiger partial charge in [-0.05, 0) is 49.7 Å². The summed E-state index contributed by atoms with van der Waals surface area (Å²) < 4.78 is 14.2. The van der Waals surface area contributed by atoms with Crippen molar-refractivity contribution in [3.8, 4) is 0 Å². The van der Waals surface area contributed by atoms with Gasteiger partial charge in [0, 0.05) is 15.6 Å². The number of aryl methyl sites for hydroxylation is 1. The van der Waals surface area contributed by atoms with E-state index in [1.807, 2.05) is 13.0 Å². The maximum Gasteiger partial charge on any atom is 0.128 e. The van der Waals surface area contributed by atoms with Crippen molar-refractivity contribution in [2.24, 2.45) is 0 Å². The van der Waals surface area contributed by atoms with Gasteiger partial charge >= 0.3 is 0 Å². The molecule has 1 N–H and O–H groups in total. The van der Waals surface area contributed by atoms with Crippen LogP contribution in [0, 0.1) is 12.7 Å². The van der Waals surface area contributed by atoms with Gasteiger partial charge in [-0.1, -0.05) is 47.8 Å². The summed E-state index contributed by atoms with van der Waals surface area (Å²) in [6.45, 7) is 4.77. The van der Waals surface area contributed by atoms with Crippen molar-refractivity contribution >= 4 is 23.2 Å². The van der Waals surface area contributed by atoms with E-state index in [1.165, 1.54) is 6.07 Å². The molecule has 0 aliphatic heterocycles. The molecule has 1 unspecified atom stereocenters. The van der Waals surface area contributed by atoms with Crippen LogP contribution in [0.1, 0.15) is 36.1 Å². The minimum absolute atomic E-state index is 0.245. The lowest BCUT2D eigenvalue weighted by molar-refractivity contribution is 0.546. The summed E-state index contributed by atoms with van der Waals surface area (Å²) >= 11 is 12.4. The molecular weight excluding hydrogens is 308 g/mol. The van der Waals surface area contributed by atoms with Crippen LogP contribution in [0.3, 0.4) is 0 Å². The van der Waals surface area contributed by atoms with Crippen molar-refractivity contribution < 1.29 is 4.39 Å². The lowest BCUT2D eigenvalue weighted by Gasteiger charge is -2.22. The number of rotatable bonds is 5. The minimum Gasteiger partial charge on any atom is -0.306 e. The van der Waals surface area contributed by atoms with E-state index in [4.69, 9.17) is 23.2 Å². The second-order valence-corrected chi connectivity index (χ2v) is 5.92. The van der Waals surface area contributed by atoms with E-state index in [1.54, 1.807) is 24.3 Å². The van der Waals surface area contributed by atoms with Crippen LogP contribution in [-0.4, -0.2) is 6.54 Å². The molecule has 0 saturated carbocycles. The Balaban J connectivity index is 2.52. The summed E-state index contributed by atoms with van der Waals surface area (Å²) in [5, 5.41) is 4.52. The third-order valence-corrected chi connectivity index (χ3v) is 3.91. The Morgan fingerprint density at radius 2 is 1.86 bits per heavy atom. The zero-order chi connectivity index (χ0) is 15.4. The highest BCUT2D eigenvalue weighted by molar-refractivity contribution is 6.33. The summed E-state index contributed by atoms with van der Waals surface area (Å²) in [6.07, 6.45) is 0.947. The third-order valence-electron chi connectivity index (χ3n) is 3.33. The Labute approximate surface area is 135 Å². The van der Waals surface area contributed by atoms with Crippen molar-refractivity contribution in [2.45, 2.75) is 26.3 Å².